The molecule has 2 unspecified atom stereocenters. The lowest BCUT2D eigenvalue weighted by molar-refractivity contribution is -0.147. The number of carbonyl (C=O) groups excluding carboxylic acids is 2. The maximum absolute atomic E-state index is 12.2. The molecule has 8 nitrogen and oxygen atoms in total. The van der Waals surface area contributed by atoms with Crippen molar-refractivity contribution in [3.8, 4) is 0 Å². The van der Waals surface area contributed by atoms with Crippen LogP contribution in [0.15, 0.2) is 0 Å². The Hall–Kier alpha value is -1.67. The number of ether oxygens (including phenoxy) is 1. The molecule has 2 saturated heterocycles. The molecule has 2 aliphatic rings. The smallest absolute Gasteiger partial charge is 0.305 e. The van der Waals surface area contributed by atoms with Gasteiger partial charge in [-0.25, -0.2) is 0 Å². The molecule has 3 N–H and O–H groups in total. The molecule has 2 atom stereocenters. The number of carboxylic acids is 1. The number of aliphatic carboxylic acids is 1. The Morgan fingerprint density at radius 2 is 1.81 bits per heavy atom. The van der Waals surface area contributed by atoms with E-state index in [4.69, 9.17) is 15.6 Å². The van der Waals surface area contributed by atoms with Gasteiger partial charge < -0.3 is 25.4 Å². The van der Waals surface area contributed by atoms with Gasteiger partial charge in [0.05, 0.1) is 12.5 Å². The van der Waals surface area contributed by atoms with E-state index in [0.29, 0.717) is 32.8 Å². The second-order valence-corrected chi connectivity index (χ2v) is 5.36. The maximum Gasteiger partial charge on any atom is 0.305 e. The summed E-state index contributed by atoms with van der Waals surface area (Å²) in [5, 5.41) is 8.65. The van der Waals surface area contributed by atoms with Crippen LogP contribution in [-0.2, 0) is 19.1 Å². The van der Waals surface area contributed by atoms with E-state index in [1.165, 1.54) is 4.90 Å². The van der Waals surface area contributed by atoms with Crippen LogP contribution < -0.4 is 5.73 Å². The topological polar surface area (TPSA) is 113 Å². The molecular formula is C13H21N3O5. The van der Waals surface area contributed by atoms with Gasteiger partial charge in [-0.3, -0.25) is 14.4 Å². The fourth-order valence-corrected chi connectivity index (χ4v) is 2.63. The highest BCUT2D eigenvalue weighted by atomic mass is 16.5. The van der Waals surface area contributed by atoms with Crippen molar-refractivity contribution in [2.24, 2.45) is 5.73 Å². The molecule has 21 heavy (non-hydrogen) atoms. The zero-order chi connectivity index (χ0) is 15.4. The molecule has 2 fully saturated rings. The number of carboxylic acid groups (broad SMARTS) is 1. The Balaban J connectivity index is 1.81. The van der Waals surface area contributed by atoms with Gasteiger partial charge in [0.15, 0.2) is 0 Å². The van der Waals surface area contributed by atoms with Crippen LogP contribution in [0.2, 0.25) is 0 Å². The average molecular weight is 299 g/mol. The first-order chi connectivity index (χ1) is 9.99. The maximum atomic E-state index is 12.2. The summed E-state index contributed by atoms with van der Waals surface area (Å²) in [7, 11) is 0. The lowest BCUT2D eigenvalue weighted by Crippen LogP contribution is -2.56. The standard InChI is InChI=1S/C13H21N3O5/c14-9(8-11(17)18)12(19)15-3-5-16(6-4-15)13(20)10-2-1-7-21-10/h9-10H,1-8,14H2,(H,17,18). The highest BCUT2D eigenvalue weighted by Crippen LogP contribution is 2.16. The van der Waals surface area contributed by atoms with Crippen LogP contribution in [0.3, 0.4) is 0 Å². The Labute approximate surface area is 122 Å². The minimum Gasteiger partial charge on any atom is -0.481 e. The van der Waals surface area contributed by atoms with Crippen LogP contribution in [0.25, 0.3) is 0 Å². The number of nitrogens with two attached hydrogens (primary N) is 1. The van der Waals surface area contributed by atoms with Crippen molar-refractivity contribution in [3.05, 3.63) is 0 Å². The first-order valence-corrected chi connectivity index (χ1v) is 7.15. The average Bonchev–Trinajstić information content (AvgIpc) is 2.99. The van der Waals surface area contributed by atoms with E-state index in [1.807, 2.05) is 0 Å². The van der Waals surface area contributed by atoms with Crippen LogP contribution in [0.5, 0.6) is 0 Å². The first kappa shape index (κ1) is 15.7. The van der Waals surface area contributed by atoms with Gasteiger partial charge in [0, 0.05) is 32.8 Å². The molecule has 8 heteroatoms. The molecule has 0 bridgehead atoms. The van der Waals surface area contributed by atoms with Crippen LogP contribution >= 0.6 is 0 Å². The quantitative estimate of drug-likeness (QED) is 0.663. The third-order valence-corrected chi connectivity index (χ3v) is 3.82. The summed E-state index contributed by atoms with van der Waals surface area (Å²) in [5.41, 5.74) is 5.57. The van der Waals surface area contributed by atoms with Gasteiger partial charge in [-0.2, -0.15) is 0 Å². The van der Waals surface area contributed by atoms with Gasteiger partial charge in [0.1, 0.15) is 6.10 Å². The third-order valence-electron chi connectivity index (χ3n) is 3.82. The molecule has 0 aromatic carbocycles. The number of rotatable bonds is 4. The van der Waals surface area contributed by atoms with Gasteiger partial charge in [-0.1, -0.05) is 0 Å². The SMILES string of the molecule is NC(CC(=O)O)C(=O)N1CCN(C(=O)C2CCCO2)CC1. The van der Waals surface area contributed by atoms with Crippen molar-refractivity contribution in [3.63, 3.8) is 0 Å². The summed E-state index contributed by atoms with van der Waals surface area (Å²) < 4.78 is 5.37. The molecule has 0 spiro atoms. The van der Waals surface area contributed by atoms with E-state index >= 15 is 0 Å². The number of hydrogen-bond donors (Lipinski definition) is 2. The van der Waals surface area contributed by atoms with E-state index in [2.05, 4.69) is 0 Å². The number of piperazine rings is 1. The molecule has 0 aromatic heterocycles. The van der Waals surface area contributed by atoms with Crippen LogP contribution in [0, 0.1) is 0 Å². The van der Waals surface area contributed by atoms with Crippen LogP contribution in [0.4, 0.5) is 0 Å². The van der Waals surface area contributed by atoms with Crippen molar-refractivity contribution in [2.75, 3.05) is 32.8 Å². The van der Waals surface area contributed by atoms with Gasteiger partial charge in [0.2, 0.25) is 5.91 Å². The molecule has 2 aliphatic heterocycles. The third kappa shape index (κ3) is 3.92. The Morgan fingerprint density at radius 3 is 2.33 bits per heavy atom. The fraction of sp³-hybridized carbons (Fsp3) is 0.769. The number of nitrogens with zero attached hydrogens (tertiary/aromatic N) is 2. The summed E-state index contributed by atoms with van der Waals surface area (Å²) in [6.07, 6.45) is 0.926. The molecule has 0 radical (unpaired) electrons. The molecular weight excluding hydrogens is 278 g/mol. The summed E-state index contributed by atoms with van der Waals surface area (Å²) >= 11 is 0. The first-order valence-electron chi connectivity index (χ1n) is 7.15. The van der Waals surface area contributed by atoms with Crippen molar-refractivity contribution in [1.82, 2.24) is 9.80 Å². The van der Waals surface area contributed by atoms with Crippen molar-refractivity contribution in [1.29, 1.82) is 0 Å². The summed E-state index contributed by atoms with van der Waals surface area (Å²) in [6, 6.07) is -1.03. The normalized spacial score (nSPS) is 24.0. The van der Waals surface area contributed by atoms with E-state index in [1.54, 1.807) is 4.90 Å². The zero-order valence-corrected chi connectivity index (χ0v) is 11.9. The van der Waals surface area contributed by atoms with Crippen LogP contribution in [0.1, 0.15) is 19.3 Å². The second-order valence-electron chi connectivity index (χ2n) is 5.36. The molecule has 0 aromatic rings. The van der Waals surface area contributed by atoms with Gasteiger partial charge in [-0.15, -0.1) is 0 Å². The zero-order valence-electron chi connectivity index (χ0n) is 11.9. The molecule has 0 saturated carbocycles. The Bertz CT molecular complexity index is 414. The van der Waals surface area contributed by atoms with E-state index in [-0.39, 0.29) is 24.3 Å². The van der Waals surface area contributed by atoms with E-state index in [0.717, 1.165) is 12.8 Å². The molecule has 0 aliphatic carbocycles. The molecule has 2 rings (SSSR count). The number of hydrogen-bond acceptors (Lipinski definition) is 5. The minimum atomic E-state index is -1.09. The van der Waals surface area contributed by atoms with Crippen molar-refractivity contribution >= 4 is 17.8 Å². The summed E-state index contributed by atoms with van der Waals surface area (Å²) in [4.78, 5) is 37.9. The van der Waals surface area contributed by atoms with Crippen molar-refractivity contribution < 1.29 is 24.2 Å². The van der Waals surface area contributed by atoms with Crippen molar-refractivity contribution in [2.45, 2.75) is 31.4 Å². The number of carbonyl (C=O) groups is 3. The number of amides is 2. The van der Waals surface area contributed by atoms with E-state index in [9.17, 15) is 14.4 Å². The monoisotopic (exact) mass is 299 g/mol. The second kappa shape index (κ2) is 6.86. The van der Waals surface area contributed by atoms with Gasteiger partial charge in [-0.05, 0) is 12.8 Å². The molecule has 2 heterocycles. The predicted molar refractivity (Wildman–Crippen MR) is 72.4 cm³/mol. The van der Waals surface area contributed by atoms with Gasteiger partial charge >= 0.3 is 5.97 Å². The largest absolute Gasteiger partial charge is 0.481 e. The lowest BCUT2D eigenvalue weighted by Gasteiger charge is -2.36. The molecule has 118 valence electrons. The molecule has 2 amide bonds. The fourth-order valence-electron chi connectivity index (χ4n) is 2.63. The van der Waals surface area contributed by atoms with Gasteiger partial charge in [0.25, 0.3) is 5.91 Å². The highest BCUT2D eigenvalue weighted by Gasteiger charge is 2.32. The Kier molecular flexibility index (Phi) is 5.13. The Morgan fingerprint density at radius 1 is 1.19 bits per heavy atom. The highest BCUT2D eigenvalue weighted by molar-refractivity contribution is 5.86. The minimum absolute atomic E-state index is 0.0190. The summed E-state index contributed by atoms with van der Waals surface area (Å²) in [5.74, 6) is -1.49. The lowest BCUT2D eigenvalue weighted by atomic mass is 10.1. The predicted octanol–water partition coefficient (Wildman–Crippen LogP) is -1.36. The summed E-state index contributed by atoms with van der Waals surface area (Å²) in [6.45, 7) is 2.25. The van der Waals surface area contributed by atoms with Crippen LogP contribution in [-0.4, -0.2) is 77.6 Å². The van der Waals surface area contributed by atoms with E-state index < -0.39 is 12.0 Å².